The molecule has 0 bridgehead atoms. The molecule has 0 saturated heterocycles. The third-order valence-electron chi connectivity index (χ3n) is 2.23. The molecule has 0 saturated carbocycles. The maximum absolute atomic E-state index is 6.26. The highest BCUT2D eigenvalue weighted by Gasteiger charge is 2.24. The van der Waals surface area contributed by atoms with Gasteiger partial charge in [0.1, 0.15) is 16.3 Å². The summed E-state index contributed by atoms with van der Waals surface area (Å²) < 4.78 is 0. The first-order valence-corrected chi connectivity index (χ1v) is 5.37. The van der Waals surface area contributed by atoms with Gasteiger partial charge in [-0.3, -0.25) is 0 Å². The summed E-state index contributed by atoms with van der Waals surface area (Å²) >= 11 is 7.96. The van der Waals surface area contributed by atoms with E-state index >= 15 is 0 Å². The molecule has 2 heterocycles. The Morgan fingerprint density at radius 2 is 2.23 bits per heavy atom. The molecule has 0 aliphatic carbocycles. The lowest BCUT2D eigenvalue weighted by Crippen LogP contribution is -2.28. The number of halogens is 1. The summed E-state index contributed by atoms with van der Waals surface area (Å²) in [5.74, 6) is 0.981. The molecule has 1 atom stereocenters. The van der Waals surface area contributed by atoms with Crippen LogP contribution in [-0.2, 0) is 0 Å². The van der Waals surface area contributed by atoms with Crippen molar-refractivity contribution in [2.24, 2.45) is 4.99 Å². The molecule has 1 aliphatic rings. The second kappa shape index (κ2) is 3.00. The smallest absolute Gasteiger partial charge is 0.133 e. The van der Waals surface area contributed by atoms with Crippen LogP contribution >= 0.6 is 22.9 Å². The summed E-state index contributed by atoms with van der Waals surface area (Å²) in [6, 6.07) is 2.12. The molecule has 0 radical (unpaired) electrons. The number of fused-ring (bicyclic) bond motifs is 1. The molecule has 1 aromatic rings. The van der Waals surface area contributed by atoms with E-state index in [9.17, 15) is 0 Å². The van der Waals surface area contributed by atoms with Crippen LogP contribution in [0.25, 0.3) is 0 Å². The first-order valence-electron chi connectivity index (χ1n) is 4.12. The molecular formula is C9H11ClN2S. The largest absolute Gasteiger partial charge is 0.343 e. The standard InChI is InChI=1S/C9H11ClN2S/c1-5-4-7-8(10)12(3)6(2)11-9(7)13-5/h4,8H,1-3H3/t8-/m1/s1. The van der Waals surface area contributed by atoms with Crippen LogP contribution in [0.3, 0.4) is 0 Å². The minimum absolute atomic E-state index is 0.0579. The number of rotatable bonds is 0. The monoisotopic (exact) mass is 214 g/mol. The van der Waals surface area contributed by atoms with E-state index in [2.05, 4.69) is 18.0 Å². The average Bonchev–Trinajstić information content (AvgIpc) is 2.42. The van der Waals surface area contributed by atoms with Crippen LogP contribution in [-0.4, -0.2) is 17.8 Å². The lowest BCUT2D eigenvalue weighted by molar-refractivity contribution is 0.471. The normalized spacial score (nSPS) is 21.4. The van der Waals surface area contributed by atoms with Gasteiger partial charge in [0.15, 0.2) is 0 Å². The summed E-state index contributed by atoms with van der Waals surface area (Å²) in [5, 5.41) is 1.06. The molecule has 13 heavy (non-hydrogen) atoms. The molecular weight excluding hydrogens is 204 g/mol. The number of alkyl halides is 1. The van der Waals surface area contributed by atoms with Crippen LogP contribution in [0.15, 0.2) is 11.1 Å². The van der Waals surface area contributed by atoms with Gasteiger partial charge in [0.05, 0.1) is 0 Å². The third kappa shape index (κ3) is 1.36. The van der Waals surface area contributed by atoms with E-state index in [0.717, 1.165) is 16.4 Å². The predicted octanol–water partition coefficient (Wildman–Crippen LogP) is 3.29. The van der Waals surface area contributed by atoms with Crippen molar-refractivity contribution in [1.29, 1.82) is 0 Å². The number of aryl methyl sites for hydroxylation is 1. The highest BCUT2D eigenvalue weighted by molar-refractivity contribution is 7.16. The minimum atomic E-state index is -0.0579. The number of thiophene rings is 1. The lowest BCUT2D eigenvalue weighted by atomic mass is 10.2. The molecule has 0 aromatic carbocycles. The molecule has 0 amide bonds. The van der Waals surface area contributed by atoms with Gasteiger partial charge in [-0.15, -0.1) is 11.3 Å². The van der Waals surface area contributed by atoms with E-state index in [0.29, 0.717) is 0 Å². The van der Waals surface area contributed by atoms with E-state index in [-0.39, 0.29) is 5.50 Å². The first-order chi connectivity index (χ1) is 6.09. The number of hydrogen-bond acceptors (Lipinski definition) is 3. The predicted molar refractivity (Wildman–Crippen MR) is 58.2 cm³/mol. The van der Waals surface area contributed by atoms with Crippen molar-refractivity contribution in [2.75, 3.05) is 7.05 Å². The van der Waals surface area contributed by atoms with Crippen LogP contribution in [0.4, 0.5) is 5.00 Å². The number of hydrogen-bond donors (Lipinski definition) is 0. The maximum atomic E-state index is 6.26. The van der Waals surface area contributed by atoms with Gasteiger partial charge >= 0.3 is 0 Å². The van der Waals surface area contributed by atoms with E-state index in [4.69, 9.17) is 11.6 Å². The summed E-state index contributed by atoms with van der Waals surface area (Å²) in [7, 11) is 1.96. The van der Waals surface area contributed by atoms with E-state index < -0.39 is 0 Å². The summed E-state index contributed by atoms with van der Waals surface area (Å²) in [5.41, 5.74) is 1.08. The summed E-state index contributed by atoms with van der Waals surface area (Å²) in [4.78, 5) is 7.72. The molecule has 1 aromatic heterocycles. The number of nitrogens with zero attached hydrogens (tertiary/aromatic N) is 2. The van der Waals surface area contributed by atoms with E-state index in [1.807, 2.05) is 18.9 Å². The molecule has 0 unspecified atom stereocenters. The second-order valence-electron chi connectivity index (χ2n) is 3.22. The van der Waals surface area contributed by atoms with Crippen molar-refractivity contribution in [2.45, 2.75) is 19.3 Å². The molecule has 1 aliphatic heterocycles. The molecule has 2 nitrogen and oxygen atoms in total. The Morgan fingerprint density at radius 1 is 1.54 bits per heavy atom. The molecule has 2 rings (SSSR count). The van der Waals surface area contributed by atoms with Crippen molar-refractivity contribution >= 4 is 33.8 Å². The number of aliphatic imine (C=N–C) groups is 1. The maximum Gasteiger partial charge on any atom is 0.133 e. The fraction of sp³-hybridized carbons (Fsp3) is 0.444. The van der Waals surface area contributed by atoms with Crippen LogP contribution in [0.1, 0.15) is 22.9 Å². The molecule has 4 heteroatoms. The Labute approximate surface area is 86.8 Å². The van der Waals surface area contributed by atoms with E-state index in [1.165, 1.54) is 4.88 Å². The Morgan fingerprint density at radius 3 is 2.92 bits per heavy atom. The van der Waals surface area contributed by atoms with Crippen molar-refractivity contribution in [1.82, 2.24) is 4.90 Å². The van der Waals surface area contributed by atoms with Gasteiger partial charge in [0, 0.05) is 17.5 Å². The van der Waals surface area contributed by atoms with Gasteiger partial charge in [-0.05, 0) is 19.9 Å². The zero-order valence-electron chi connectivity index (χ0n) is 7.84. The Kier molecular flexibility index (Phi) is 2.08. The Balaban J connectivity index is 2.55. The van der Waals surface area contributed by atoms with Gasteiger partial charge in [-0.2, -0.15) is 0 Å². The molecule has 0 spiro atoms. The SMILES string of the molecule is CC1=Nc2sc(C)cc2[C@H](Cl)N1C. The molecule has 70 valence electrons. The summed E-state index contributed by atoms with van der Waals surface area (Å²) in [6.45, 7) is 4.06. The Bertz CT molecular complexity index is 370. The van der Waals surface area contributed by atoms with Gasteiger partial charge in [0.2, 0.25) is 0 Å². The van der Waals surface area contributed by atoms with Crippen LogP contribution in [0, 0.1) is 6.92 Å². The average molecular weight is 215 g/mol. The fourth-order valence-electron chi connectivity index (χ4n) is 1.38. The minimum Gasteiger partial charge on any atom is -0.343 e. The topological polar surface area (TPSA) is 15.6 Å². The third-order valence-corrected chi connectivity index (χ3v) is 3.72. The first kappa shape index (κ1) is 9.03. The van der Waals surface area contributed by atoms with Crippen molar-refractivity contribution < 1.29 is 0 Å². The van der Waals surface area contributed by atoms with Gasteiger partial charge in [-0.25, -0.2) is 4.99 Å². The van der Waals surface area contributed by atoms with Crippen molar-refractivity contribution in [3.63, 3.8) is 0 Å². The molecule has 0 fully saturated rings. The highest BCUT2D eigenvalue weighted by atomic mass is 35.5. The van der Waals surface area contributed by atoms with Gasteiger partial charge in [-0.1, -0.05) is 11.6 Å². The zero-order chi connectivity index (χ0) is 9.59. The van der Waals surface area contributed by atoms with E-state index in [1.54, 1.807) is 11.3 Å². The van der Waals surface area contributed by atoms with Gasteiger partial charge in [0.25, 0.3) is 0 Å². The van der Waals surface area contributed by atoms with Crippen LogP contribution in [0.5, 0.6) is 0 Å². The van der Waals surface area contributed by atoms with Crippen LogP contribution < -0.4 is 0 Å². The lowest BCUT2D eigenvalue weighted by Gasteiger charge is -2.27. The van der Waals surface area contributed by atoms with Crippen LogP contribution in [0.2, 0.25) is 0 Å². The molecule has 0 N–H and O–H groups in total. The van der Waals surface area contributed by atoms with Crippen molar-refractivity contribution in [3.05, 3.63) is 16.5 Å². The second-order valence-corrected chi connectivity index (χ2v) is 4.87. The number of amidine groups is 1. The quantitative estimate of drug-likeness (QED) is 0.478. The highest BCUT2D eigenvalue weighted by Crippen LogP contribution is 2.41. The zero-order valence-corrected chi connectivity index (χ0v) is 9.41. The Hall–Kier alpha value is -0.540. The van der Waals surface area contributed by atoms with Crippen molar-refractivity contribution in [3.8, 4) is 0 Å². The fourth-order valence-corrected chi connectivity index (χ4v) is 2.71. The van der Waals surface area contributed by atoms with Gasteiger partial charge < -0.3 is 4.90 Å². The summed E-state index contributed by atoms with van der Waals surface area (Å²) in [6.07, 6.45) is 0.